The van der Waals surface area contributed by atoms with Gasteiger partial charge in [-0.05, 0) is 24.6 Å². The number of nitrogen functional groups attached to an aromatic ring is 1. The third kappa shape index (κ3) is 5.51. The van der Waals surface area contributed by atoms with Crippen LogP contribution in [0.5, 0.6) is 11.5 Å². The third-order valence-corrected chi connectivity index (χ3v) is 6.48. The number of likely N-dealkylation sites (tertiary alicyclic amines) is 1. The Morgan fingerprint density at radius 1 is 1.26 bits per heavy atom. The highest BCUT2D eigenvalue weighted by Gasteiger charge is 2.40. The van der Waals surface area contributed by atoms with Gasteiger partial charge in [0.25, 0.3) is 5.91 Å². The highest BCUT2D eigenvalue weighted by atomic mass is 16.5. The average molecular weight is 521 g/mol. The first-order valence-corrected chi connectivity index (χ1v) is 12.2. The number of carbonyl (C=O) groups excluding carboxylic acids is 2. The Hall–Kier alpha value is -4.27. The molecule has 1 aromatic heterocycles. The van der Waals surface area contributed by atoms with Gasteiger partial charge >= 0.3 is 0 Å². The van der Waals surface area contributed by atoms with Crippen LogP contribution in [0.25, 0.3) is 0 Å². The van der Waals surface area contributed by atoms with E-state index in [1.807, 2.05) is 5.01 Å². The average Bonchev–Trinajstić information content (AvgIpc) is 3.57. The topological polar surface area (TPSA) is 131 Å². The standard InChI is InChI=1S/C27H32N6O5/c1-5-23(34)32-10-8-18(16-32)33-25-21(27(35)29-9-11-36-2)15-30-26(28)24(25)22(31-33)7-6-17-12-19(37-3)14-20(13-17)38-4/h5,12-15,18,22,31H,1,8-11,16H2,2-4H3,(H2,28,30)(H,29,35)/t18?,22-/m0/s1. The lowest BCUT2D eigenvalue weighted by atomic mass is 10.0. The number of amides is 2. The first-order chi connectivity index (χ1) is 18.4. The predicted octanol–water partition coefficient (Wildman–Crippen LogP) is 1.26. The molecule has 0 spiro atoms. The molecule has 4 rings (SSSR count). The van der Waals surface area contributed by atoms with Crippen LogP contribution in [0, 0.1) is 11.8 Å². The van der Waals surface area contributed by atoms with E-state index in [0.29, 0.717) is 66.5 Å². The Balaban J connectivity index is 1.73. The minimum absolute atomic E-state index is 0.117. The Kier molecular flexibility index (Phi) is 8.35. The number of fused-ring (bicyclic) bond motifs is 1. The number of anilines is 2. The van der Waals surface area contributed by atoms with Crippen LogP contribution in [0.2, 0.25) is 0 Å². The van der Waals surface area contributed by atoms with Gasteiger partial charge in [-0.2, -0.15) is 0 Å². The molecule has 11 heteroatoms. The van der Waals surface area contributed by atoms with Crippen LogP contribution in [0.1, 0.15) is 33.9 Å². The number of hydrogen-bond acceptors (Lipinski definition) is 9. The van der Waals surface area contributed by atoms with Crippen LogP contribution in [-0.2, 0) is 9.53 Å². The molecule has 1 saturated heterocycles. The van der Waals surface area contributed by atoms with Gasteiger partial charge in [0.15, 0.2) is 0 Å². The van der Waals surface area contributed by atoms with Crippen LogP contribution >= 0.6 is 0 Å². The van der Waals surface area contributed by atoms with Crippen LogP contribution in [0.3, 0.4) is 0 Å². The number of carbonyl (C=O) groups is 2. The number of rotatable bonds is 8. The summed E-state index contributed by atoms with van der Waals surface area (Å²) in [5, 5.41) is 4.76. The Morgan fingerprint density at radius 3 is 2.66 bits per heavy atom. The van der Waals surface area contributed by atoms with Gasteiger partial charge in [0.1, 0.15) is 23.4 Å². The molecule has 1 unspecified atom stereocenters. The second-order valence-corrected chi connectivity index (χ2v) is 8.80. The first kappa shape index (κ1) is 26.8. The molecule has 0 aliphatic carbocycles. The summed E-state index contributed by atoms with van der Waals surface area (Å²) in [6.07, 6.45) is 3.46. The highest BCUT2D eigenvalue weighted by Crippen LogP contribution is 2.41. The van der Waals surface area contributed by atoms with Crippen molar-refractivity contribution in [2.75, 3.05) is 58.3 Å². The van der Waals surface area contributed by atoms with Crippen LogP contribution in [0.15, 0.2) is 37.1 Å². The normalized spacial score (nSPS) is 17.9. The number of hydrazine groups is 1. The van der Waals surface area contributed by atoms with E-state index in [0.717, 1.165) is 0 Å². The number of nitrogens with zero attached hydrogens (tertiary/aromatic N) is 3. The molecule has 3 heterocycles. The van der Waals surface area contributed by atoms with Gasteiger partial charge in [0.05, 0.1) is 43.7 Å². The van der Waals surface area contributed by atoms with Crippen molar-refractivity contribution >= 4 is 23.3 Å². The molecule has 1 fully saturated rings. The van der Waals surface area contributed by atoms with Crippen LogP contribution in [0.4, 0.5) is 11.5 Å². The molecule has 0 saturated carbocycles. The zero-order valence-electron chi connectivity index (χ0n) is 21.7. The quantitative estimate of drug-likeness (QED) is 0.267. The highest BCUT2D eigenvalue weighted by molar-refractivity contribution is 6.01. The van der Waals surface area contributed by atoms with E-state index < -0.39 is 6.04 Å². The number of nitrogens with two attached hydrogens (primary N) is 1. The molecule has 0 bridgehead atoms. The summed E-state index contributed by atoms with van der Waals surface area (Å²) >= 11 is 0. The van der Waals surface area contributed by atoms with E-state index in [1.54, 1.807) is 44.4 Å². The summed E-state index contributed by atoms with van der Waals surface area (Å²) in [5.74, 6) is 7.45. The van der Waals surface area contributed by atoms with Crippen molar-refractivity contribution in [3.8, 4) is 23.3 Å². The van der Waals surface area contributed by atoms with Gasteiger partial charge in [0, 0.05) is 44.6 Å². The number of nitrogens with one attached hydrogen (secondary N) is 2. The summed E-state index contributed by atoms with van der Waals surface area (Å²) in [6.45, 7) is 5.33. The van der Waals surface area contributed by atoms with E-state index in [2.05, 4.69) is 34.1 Å². The Labute approximate surface area is 221 Å². The van der Waals surface area contributed by atoms with Crippen LogP contribution < -0.4 is 31.0 Å². The number of hydrogen-bond donors (Lipinski definition) is 3. The molecule has 1 aromatic carbocycles. The Morgan fingerprint density at radius 2 is 2.00 bits per heavy atom. The number of aromatic nitrogens is 1. The molecule has 2 aromatic rings. The van der Waals surface area contributed by atoms with Crippen molar-refractivity contribution in [2.24, 2.45) is 0 Å². The molecule has 2 atom stereocenters. The molecule has 2 aliphatic heterocycles. The minimum atomic E-state index is -0.550. The maximum Gasteiger partial charge on any atom is 0.255 e. The van der Waals surface area contributed by atoms with Gasteiger partial charge in [-0.1, -0.05) is 18.4 Å². The summed E-state index contributed by atoms with van der Waals surface area (Å²) in [4.78, 5) is 31.4. The molecule has 38 heavy (non-hydrogen) atoms. The summed E-state index contributed by atoms with van der Waals surface area (Å²) in [6, 6.07) is 4.71. The summed E-state index contributed by atoms with van der Waals surface area (Å²) < 4.78 is 15.8. The number of pyridine rings is 1. The molecule has 200 valence electrons. The van der Waals surface area contributed by atoms with Gasteiger partial charge in [0.2, 0.25) is 5.91 Å². The second-order valence-electron chi connectivity index (χ2n) is 8.80. The molecule has 2 amide bonds. The van der Waals surface area contributed by atoms with Crippen molar-refractivity contribution in [1.82, 2.24) is 20.6 Å². The first-order valence-electron chi connectivity index (χ1n) is 12.2. The smallest absolute Gasteiger partial charge is 0.255 e. The minimum Gasteiger partial charge on any atom is -0.497 e. The van der Waals surface area contributed by atoms with E-state index in [9.17, 15) is 9.59 Å². The number of ether oxygens (including phenoxy) is 3. The lowest BCUT2D eigenvalue weighted by Gasteiger charge is -2.28. The van der Waals surface area contributed by atoms with Gasteiger partial charge < -0.3 is 35.2 Å². The van der Waals surface area contributed by atoms with E-state index in [4.69, 9.17) is 19.9 Å². The SMILES string of the molecule is C=CC(=O)N1CCC(N2N[C@@H](C#Cc3cc(OC)cc(OC)c3)c3c(N)ncc(C(=O)NCCOC)c32)C1. The Bertz CT molecular complexity index is 1260. The number of methoxy groups -OCH3 is 3. The lowest BCUT2D eigenvalue weighted by Crippen LogP contribution is -2.45. The third-order valence-electron chi connectivity index (χ3n) is 6.48. The fourth-order valence-corrected chi connectivity index (χ4v) is 4.58. The van der Waals surface area contributed by atoms with Gasteiger partial charge in [-0.3, -0.25) is 9.59 Å². The van der Waals surface area contributed by atoms with E-state index in [-0.39, 0.29) is 23.7 Å². The molecule has 0 radical (unpaired) electrons. The summed E-state index contributed by atoms with van der Waals surface area (Å²) in [5.41, 5.74) is 12.0. The van der Waals surface area contributed by atoms with E-state index >= 15 is 0 Å². The molecule has 4 N–H and O–H groups in total. The molecule has 2 aliphatic rings. The van der Waals surface area contributed by atoms with E-state index in [1.165, 1.54) is 12.3 Å². The van der Waals surface area contributed by atoms with Crippen molar-refractivity contribution in [1.29, 1.82) is 0 Å². The fraction of sp³-hybridized carbons (Fsp3) is 0.370. The monoisotopic (exact) mass is 520 g/mol. The van der Waals surface area contributed by atoms with Crippen molar-refractivity contribution in [3.63, 3.8) is 0 Å². The predicted molar refractivity (Wildman–Crippen MR) is 143 cm³/mol. The largest absolute Gasteiger partial charge is 0.497 e. The molecular formula is C27H32N6O5. The zero-order chi connectivity index (χ0) is 27.2. The van der Waals surface area contributed by atoms with Crippen molar-refractivity contribution in [3.05, 3.63) is 53.7 Å². The molecule has 11 nitrogen and oxygen atoms in total. The van der Waals surface area contributed by atoms with Crippen LogP contribution in [-0.4, -0.2) is 75.3 Å². The maximum atomic E-state index is 13.2. The van der Waals surface area contributed by atoms with Gasteiger partial charge in [-0.25, -0.2) is 10.4 Å². The summed E-state index contributed by atoms with van der Waals surface area (Å²) in [7, 11) is 4.72. The van der Waals surface area contributed by atoms with Crippen molar-refractivity contribution in [2.45, 2.75) is 18.5 Å². The molecular weight excluding hydrogens is 488 g/mol. The van der Waals surface area contributed by atoms with Gasteiger partial charge in [-0.15, -0.1) is 0 Å². The maximum absolute atomic E-state index is 13.2. The fourth-order valence-electron chi connectivity index (χ4n) is 4.58. The second kappa shape index (κ2) is 11.9. The zero-order valence-corrected chi connectivity index (χ0v) is 21.7. The number of benzene rings is 1. The van der Waals surface area contributed by atoms with Crippen molar-refractivity contribution < 1.29 is 23.8 Å². The lowest BCUT2D eigenvalue weighted by molar-refractivity contribution is -0.125.